The van der Waals surface area contributed by atoms with Gasteiger partial charge < -0.3 is 10.1 Å². The number of aromatic nitrogens is 2. The van der Waals surface area contributed by atoms with Crippen molar-refractivity contribution in [2.45, 2.75) is 19.5 Å². The lowest BCUT2D eigenvalue weighted by Crippen LogP contribution is -2.29. The Hall–Kier alpha value is -1.65. The minimum Gasteiger partial charge on any atom is -0.383 e. The second kappa shape index (κ2) is 6.33. The van der Waals surface area contributed by atoms with Crippen molar-refractivity contribution in [3.63, 3.8) is 0 Å². The Morgan fingerprint density at radius 2 is 2.28 bits per heavy atom. The highest BCUT2D eigenvalue weighted by atomic mass is 16.5. The molecule has 0 fully saturated rings. The molecule has 0 saturated carbocycles. The molecule has 0 bridgehead atoms. The predicted molar refractivity (Wildman–Crippen MR) is 72.2 cm³/mol. The highest BCUT2D eigenvalue weighted by molar-refractivity contribution is 5.62. The van der Waals surface area contributed by atoms with Gasteiger partial charge in [0.25, 0.3) is 0 Å². The third-order valence-corrected chi connectivity index (χ3v) is 2.83. The number of nitrogens with one attached hydrogen (secondary N) is 2. The van der Waals surface area contributed by atoms with E-state index in [1.54, 1.807) is 7.11 Å². The van der Waals surface area contributed by atoms with Gasteiger partial charge in [-0.2, -0.15) is 5.10 Å². The molecule has 1 aromatic heterocycles. The quantitative estimate of drug-likeness (QED) is 0.820. The molecule has 2 aromatic rings. The summed E-state index contributed by atoms with van der Waals surface area (Å²) in [5, 5.41) is 10.2. The number of hydrogen-bond acceptors (Lipinski definition) is 3. The van der Waals surface area contributed by atoms with Gasteiger partial charge in [0, 0.05) is 31.5 Å². The van der Waals surface area contributed by atoms with E-state index in [4.69, 9.17) is 4.74 Å². The first-order valence-electron chi connectivity index (χ1n) is 6.10. The van der Waals surface area contributed by atoms with Gasteiger partial charge in [-0.25, -0.2) is 0 Å². The monoisotopic (exact) mass is 245 g/mol. The number of aromatic amines is 1. The number of nitrogens with zero attached hydrogens (tertiary/aromatic N) is 1. The number of benzene rings is 1. The second-order valence-corrected chi connectivity index (χ2v) is 4.42. The molecule has 1 heterocycles. The van der Waals surface area contributed by atoms with Gasteiger partial charge in [-0.05, 0) is 24.1 Å². The maximum atomic E-state index is 5.10. The first-order chi connectivity index (χ1) is 8.79. The lowest BCUT2D eigenvalue weighted by molar-refractivity contribution is 0.171. The van der Waals surface area contributed by atoms with E-state index in [9.17, 15) is 0 Å². The number of methoxy groups -OCH3 is 1. The zero-order chi connectivity index (χ0) is 12.8. The van der Waals surface area contributed by atoms with Crippen molar-refractivity contribution in [2.24, 2.45) is 0 Å². The van der Waals surface area contributed by atoms with E-state index < -0.39 is 0 Å². The first-order valence-corrected chi connectivity index (χ1v) is 6.10. The Labute approximate surface area is 107 Å². The number of rotatable bonds is 6. The molecule has 18 heavy (non-hydrogen) atoms. The molecule has 0 aliphatic carbocycles. The van der Waals surface area contributed by atoms with E-state index in [1.807, 2.05) is 12.4 Å². The predicted octanol–water partition coefficient (Wildman–Crippen LogP) is 2.20. The van der Waals surface area contributed by atoms with Gasteiger partial charge in [-0.1, -0.05) is 18.2 Å². The van der Waals surface area contributed by atoms with E-state index >= 15 is 0 Å². The van der Waals surface area contributed by atoms with Crippen molar-refractivity contribution in [2.75, 3.05) is 13.7 Å². The van der Waals surface area contributed by atoms with E-state index in [0.29, 0.717) is 6.04 Å². The van der Waals surface area contributed by atoms with Crippen molar-refractivity contribution in [3.05, 3.63) is 42.2 Å². The molecule has 1 aromatic carbocycles. The summed E-state index contributed by atoms with van der Waals surface area (Å²) in [6.07, 6.45) is 3.74. The number of H-pyrrole nitrogens is 1. The average molecular weight is 245 g/mol. The molecule has 0 amide bonds. The molecule has 96 valence electrons. The van der Waals surface area contributed by atoms with Gasteiger partial charge in [0.1, 0.15) is 0 Å². The molecule has 1 atom stereocenters. The number of ether oxygens (including phenoxy) is 1. The lowest BCUT2D eigenvalue weighted by atomic mass is 10.1. The summed E-state index contributed by atoms with van der Waals surface area (Å²) in [5.41, 5.74) is 3.56. The summed E-state index contributed by atoms with van der Waals surface area (Å²) in [7, 11) is 1.72. The highest BCUT2D eigenvalue weighted by Gasteiger charge is 2.03. The zero-order valence-electron chi connectivity index (χ0n) is 10.8. The molecule has 0 spiro atoms. The SMILES string of the molecule is COCC(C)NCc1cccc(-c2cn[nH]c2)c1. The van der Waals surface area contributed by atoms with Crippen molar-refractivity contribution in [1.82, 2.24) is 15.5 Å². The minimum atomic E-state index is 0.354. The fourth-order valence-corrected chi connectivity index (χ4v) is 1.87. The van der Waals surface area contributed by atoms with E-state index in [2.05, 4.69) is 46.7 Å². The van der Waals surface area contributed by atoms with E-state index in [-0.39, 0.29) is 0 Å². The zero-order valence-corrected chi connectivity index (χ0v) is 10.8. The van der Waals surface area contributed by atoms with E-state index in [0.717, 1.165) is 18.7 Å². The van der Waals surface area contributed by atoms with E-state index in [1.165, 1.54) is 11.1 Å². The summed E-state index contributed by atoms with van der Waals surface area (Å²) in [4.78, 5) is 0. The summed E-state index contributed by atoms with van der Waals surface area (Å²) >= 11 is 0. The average Bonchev–Trinajstić information content (AvgIpc) is 2.91. The maximum Gasteiger partial charge on any atom is 0.0613 e. The van der Waals surface area contributed by atoms with Crippen LogP contribution in [0.1, 0.15) is 12.5 Å². The summed E-state index contributed by atoms with van der Waals surface area (Å²) in [6.45, 7) is 3.68. The Morgan fingerprint density at radius 3 is 3.00 bits per heavy atom. The van der Waals surface area contributed by atoms with Crippen LogP contribution in [0.15, 0.2) is 36.7 Å². The maximum absolute atomic E-state index is 5.10. The normalized spacial score (nSPS) is 12.6. The molecule has 4 nitrogen and oxygen atoms in total. The fourth-order valence-electron chi connectivity index (χ4n) is 1.87. The first kappa shape index (κ1) is 12.8. The van der Waals surface area contributed by atoms with Crippen LogP contribution in [0.3, 0.4) is 0 Å². The highest BCUT2D eigenvalue weighted by Crippen LogP contribution is 2.18. The molecule has 0 radical (unpaired) electrons. The molecular formula is C14H19N3O. The summed E-state index contributed by atoms with van der Waals surface area (Å²) < 4.78 is 5.10. The molecule has 0 aliphatic rings. The van der Waals surface area contributed by atoms with Gasteiger partial charge in [0.15, 0.2) is 0 Å². The van der Waals surface area contributed by atoms with Crippen LogP contribution in [0.4, 0.5) is 0 Å². The molecule has 0 aliphatic heterocycles. The van der Waals surface area contributed by atoms with Crippen molar-refractivity contribution >= 4 is 0 Å². The van der Waals surface area contributed by atoms with Gasteiger partial charge in [-0.3, -0.25) is 5.10 Å². The van der Waals surface area contributed by atoms with Crippen LogP contribution in [0, 0.1) is 0 Å². The van der Waals surface area contributed by atoms with Crippen LogP contribution in [0.25, 0.3) is 11.1 Å². The Morgan fingerprint density at radius 1 is 1.39 bits per heavy atom. The molecule has 1 unspecified atom stereocenters. The van der Waals surface area contributed by atoms with Crippen LogP contribution < -0.4 is 5.32 Å². The molecule has 2 rings (SSSR count). The Kier molecular flexibility index (Phi) is 4.50. The smallest absolute Gasteiger partial charge is 0.0613 e. The third-order valence-electron chi connectivity index (χ3n) is 2.83. The van der Waals surface area contributed by atoms with Gasteiger partial charge in [0.05, 0.1) is 12.8 Å². The van der Waals surface area contributed by atoms with Gasteiger partial charge >= 0.3 is 0 Å². The summed E-state index contributed by atoms with van der Waals surface area (Å²) in [6, 6.07) is 8.81. The Bertz CT molecular complexity index is 468. The van der Waals surface area contributed by atoms with Crippen molar-refractivity contribution in [3.8, 4) is 11.1 Å². The number of hydrogen-bond donors (Lipinski definition) is 2. The second-order valence-electron chi connectivity index (χ2n) is 4.42. The molecule has 0 saturated heterocycles. The summed E-state index contributed by atoms with van der Waals surface area (Å²) in [5.74, 6) is 0. The lowest BCUT2D eigenvalue weighted by Gasteiger charge is -2.13. The van der Waals surface area contributed by atoms with Crippen LogP contribution in [0.2, 0.25) is 0 Å². The minimum absolute atomic E-state index is 0.354. The molecule has 2 N–H and O–H groups in total. The topological polar surface area (TPSA) is 49.9 Å². The fraction of sp³-hybridized carbons (Fsp3) is 0.357. The largest absolute Gasteiger partial charge is 0.383 e. The van der Waals surface area contributed by atoms with Crippen molar-refractivity contribution < 1.29 is 4.74 Å². The van der Waals surface area contributed by atoms with Gasteiger partial charge in [0.2, 0.25) is 0 Å². The third kappa shape index (κ3) is 3.42. The van der Waals surface area contributed by atoms with Crippen LogP contribution in [-0.4, -0.2) is 30.0 Å². The van der Waals surface area contributed by atoms with Crippen LogP contribution in [-0.2, 0) is 11.3 Å². The van der Waals surface area contributed by atoms with Crippen LogP contribution >= 0.6 is 0 Å². The standard InChI is InChI=1S/C14H19N3O/c1-11(10-18-2)15-7-12-4-3-5-13(6-12)14-8-16-17-9-14/h3-6,8-9,11,15H,7,10H2,1-2H3,(H,16,17). The molecular weight excluding hydrogens is 226 g/mol. The van der Waals surface area contributed by atoms with Crippen molar-refractivity contribution in [1.29, 1.82) is 0 Å². The molecule has 4 heteroatoms. The van der Waals surface area contributed by atoms with Crippen LogP contribution in [0.5, 0.6) is 0 Å². The Balaban J connectivity index is 2.00. The van der Waals surface area contributed by atoms with Gasteiger partial charge in [-0.15, -0.1) is 0 Å².